The average molecular weight is 339 g/mol. The van der Waals surface area contributed by atoms with E-state index in [9.17, 15) is 14.4 Å². The molecule has 126 valence electrons. The molecule has 0 aliphatic rings. The van der Waals surface area contributed by atoms with Crippen LogP contribution < -0.4 is 5.32 Å². The minimum Gasteiger partial charge on any atom is -0.465 e. The molecule has 1 aromatic carbocycles. The lowest BCUT2D eigenvalue weighted by atomic mass is 10.2. The summed E-state index contributed by atoms with van der Waals surface area (Å²) >= 11 is 1.15. The van der Waals surface area contributed by atoms with Crippen molar-refractivity contribution in [3.05, 3.63) is 30.3 Å². The molecule has 0 aliphatic heterocycles. The number of hydrogen-bond acceptors (Lipinski definition) is 6. The summed E-state index contributed by atoms with van der Waals surface area (Å²) in [4.78, 5) is 36.6. The van der Waals surface area contributed by atoms with Gasteiger partial charge in [-0.05, 0) is 26.0 Å². The molecule has 0 unspecified atom stereocenters. The molecule has 0 radical (unpaired) electrons. The van der Waals surface area contributed by atoms with Gasteiger partial charge in [0.1, 0.15) is 11.3 Å². The maximum absolute atomic E-state index is 12.3. The number of carbonyl (C=O) groups excluding carboxylic acids is 3. The predicted octanol–water partition coefficient (Wildman–Crippen LogP) is 1.78. The van der Waals surface area contributed by atoms with Gasteiger partial charge in [0, 0.05) is 11.8 Å². The number of nitrogens with one attached hydrogen (secondary N) is 1. The van der Waals surface area contributed by atoms with Crippen molar-refractivity contribution < 1.29 is 23.9 Å². The zero-order chi connectivity index (χ0) is 17.2. The minimum atomic E-state index is -1.11. The second-order valence-electron chi connectivity index (χ2n) is 4.53. The van der Waals surface area contributed by atoms with Gasteiger partial charge in [-0.15, -0.1) is 11.8 Å². The highest BCUT2D eigenvalue weighted by Crippen LogP contribution is 2.27. The van der Waals surface area contributed by atoms with Crippen molar-refractivity contribution >= 4 is 29.6 Å². The van der Waals surface area contributed by atoms with E-state index < -0.39 is 29.1 Å². The maximum atomic E-state index is 12.3. The molecule has 0 aliphatic carbocycles. The first kappa shape index (κ1) is 19.0. The molecule has 6 nitrogen and oxygen atoms in total. The second kappa shape index (κ2) is 9.89. The molecule has 0 fully saturated rings. The average Bonchev–Trinajstić information content (AvgIpc) is 2.52. The van der Waals surface area contributed by atoms with Crippen LogP contribution in [-0.4, -0.2) is 42.4 Å². The molecule has 23 heavy (non-hydrogen) atoms. The molecular formula is C16H21NO5S. The van der Waals surface area contributed by atoms with E-state index in [0.29, 0.717) is 0 Å². The summed E-state index contributed by atoms with van der Waals surface area (Å²) < 4.78 is 10.0. The van der Waals surface area contributed by atoms with Gasteiger partial charge in [0.25, 0.3) is 0 Å². The van der Waals surface area contributed by atoms with Crippen molar-refractivity contribution in [2.45, 2.75) is 37.0 Å². The van der Waals surface area contributed by atoms with E-state index in [0.717, 1.165) is 16.7 Å². The first-order chi connectivity index (χ1) is 11.0. The summed E-state index contributed by atoms with van der Waals surface area (Å²) in [5.41, 5.74) is 0. The molecule has 1 N–H and O–H groups in total. The number of rotatable bonds is 8. The number of amides is 1. The van der Waals surface area contributed by atoms with Gasteiger partial charge in [0.2, 0.25) is 5.91 Å². The number of benzene rings is 1. The molecule has 1 rings (SSSR count). The highest BCUT2D eigenvalue weighted by atomic mass is 32.2. The van der Waals surface area contributed by atoms with Crippen LogP contribution in [0.2, 0.25) is 0 Å². The Bertz CT molecular complexity index is 535. The number of carbonyl (C=O) groups is 3. The van der Waals surface area contributed by atoms with Crippen LogP contribution in [-0.2, 0) is 23.9 Å². The summed E-state index contributed by atoms with van der Waals surface area (Å²) in [6, 6.07) is 8.00. The van der Waals surface area contributed by atoms with Gasteiger partial charge >= 0.3 is 11.9 Å². The summed E-state index contributed by atoms with van der Waals surface area (Å²) in [5, 5.41) is 1.56. The van der Waals surface area contributed by atoms with Gasteiger partial charge in [-0.2, -0.15) is 0 Å². The Kier molecular flexibility index (Phi) is 8.18. The fraction of sp³-hybridized carbons (Fsp3) is 0.438. The van der Waals surface area contributed by atoms with E-state index in [1.54, 1.807) is 13.8 Å². The van der Waals surface area contributed by atoms with Crippen molar-refractivity contribution in [3.8, 4) is 0 Å². The van der Waals surface area contributed by atoms with Crippen molar-refractivity contribution in [1.29, 1.82) is 0 Å². The van der Waals surface area contributed by atoms with Gasteiger partial charge in [0.15, 0.2) is 0 Å². The standard InChI is InChI=1S/C16H21NO5S/c1-4-21-15(19)13(17-11(3)18)14(16(20)22-5-2)23-12-9-7-6-8-10-12/h6-10,13-14H,4-5H2,1-3H3,(H,17,18)/t13-,14+/m0/s1. The highest BCUT2D eigenvalue weighted by molar-refractivity contribution is 8.00. The van der Waals surface area contributed by atoms with Crippen LogP contribution in [0.1, 0.15) is 20.8 Å². The van der Waals surface area contributed by atoms with Gasteiger partial charge in [-0.3, -0.25) is 9.59 Å². The molecule has 0 heterocycles. The third-order valence-corrected chi connectivity index (χ3v) is 3.99. The topological polar surface area (TPSA) is 81.7 Å². The van der Waals surface area contributed by atoms with Crippen LogP contribution in [0.3, 0.4) is 0 Å². The second-order valence-corrected chi connectivity index (χ2v) is 5.75. The molecule has 1 aromatic rings. The number of hydrogen-bond donors (Lipinski definition) is 1. The maximum Gasteiger partial charge on any atom is 0.330 e. The van der Waals surface area contributed by atoms with Gasteiger partial charge in [0.05, 0.1) is 13.2 Å². The summed E-state index contributed by atoms with van der Waals surface area (Å²) in [6.07, 6.45) is 0. The zero-order valence-corrected chi connectivity index (χ0v) is 14.2. The molecule has 0 saturated heterocycles. The first-order valence-electron chi connectivity index (χ1n) is 7.31. The van der Waals surface area contributed by atoms with Crippen LogP contribution in [0.15, 0.2) is 35.2 Å². The summed E-state index contributed by atoms with van der Waals surface area (Å²) in [7, 11) is 0. The van der Waals surface area contributed by atoms with Crippen molar-refractivity contribution in [2.24, 2.45) is 0 Å². The number of esters is 2. The molecule has 1 amide bonds. The van der Waals surface area contributed by atoms with Crippen LogP contribution in [0, 0.1) is 0 Å². The number of ether oxygens (including phenoxy) is 2. The SMILES string of the molecule is CCOC(=O)[C@@H](NC(C)=O)[C@@H](Sc1ccccc1)C(=O)OCC. The normalized spacial score (nSPS) is 12.8. The fourth-order valence-electron chi connectivity index (χ4n) is 1.83. The molecule has 0 bridgehead atoms. The Morgan fingerprint density at radius 1 is 1.04 bits per heavy atom. The van der Waals surface area contributed by atoms with E-state index in [-0.39, 0.29) is 13.2 Å². The van der Waals surface area contributed by atoms with Crippen LogP contribution in [0.5, 0.6) is 0 Å². The number of thioether (sulfide) groups is 1. The Morgan fingerprint density at radius 2 is 1.61 bits per heavy atom. The largest absolute Gasteiger partial charge is 0.465 e. The monoisotopic (exact) mass is 339 g/mol. The molecule has 0 aromatic heterocycles. The zero-order valence-electron chi connectivity index (χ0n) is 13.4. The Hall–Kier alpha value is -2.02. The van der Waals surface area contributed by atoms with Crippen LogP contribution >= 0.6 is 11.8 Å². The smallest absolute Gasteiger partial charge is 0.330 e. The van der Waals surface area contributed by atoms with Crippen molar-refractivity contribution in [2.75, 3.05) is 13.2 Å². The Balaban J connectivity index is 3.07. The molecule has 0 saturated carbocycles. The van der Waals surface area contributed by atoms with Crippen LogP contribution in [0.25, 0.3) is 0 Å². The summed E-state index contributed by atoms with van der Waals surface area (Å²) in [6.45, 7) is 4.95. The van der Waals surface area contributed by atoms with Crippen LogP contribution in [0.4, 0.5) is 0 Å². The lowest BCUT2D eigenvalue weighted by Gasteiger charge is -2.24. The van der Waals surface area contributed by atoms with Crippen molar-refractivity contribution in [1.82, 2.24) is 5.32 Å². The van der Waals surface area contributed by atoms with E-state index in [4.69, 9.17) is 9.47 Å². The third kappa shape index (κ3) is 6.32. The van der Waals surface area contributed by atoms with Gasteiger partial charge in [-0.1, -0.05) is 18.2 Å². The Labute approximate surface area is 139 Å². The Morgan fingerprint density at radius 3 is 2.13 bits per heavy atom. The highest BCUT2D eigenvalue weighted by Gasteiger charge is 2.37. The predicted molar refractivity (Wildman–Crippen MR) is 87.0 cm³/mol. The fourth-order valence-corrected chi connectivity index (χ4v) is 2.92. The van der Waals surface area contributed by atoms with Gasteiger partial charge in [-0.25, -0.2) is 4.79 Å². The first-order valence-corrected chi connectivity index (χ1v) is 8.19. The summed E-state index contributed by atoms with van der Waals surface area (Å²) in [5.74, 6) is -1.66. The lowest BCUT2D eigenvalue weighted by Crippen LogP contribution is -2.51. The molecule has 0 spiro atoms. The lowest BCUT2D eigenvalue weighted by molar-refractivity contribution is -0.152. The van der Waals surface area contributed by atoms with E-state index in [1.165, 1.54) is 6.92 Å². The van der Waals surface area contributed by atoms with E-state index in [1.807, 2.05) is 30.3 Å². The van der Waals surface area contributed by atoms with Crippen molar-refractivity contribution in [3.63, 3.8) is 0 Å². The van der Waals surface area contributed by atoms with E-state index >= 15 is 0 Å². The quantitative estimate of drug-likeness (QED) is 0.574. The molecule has 7 heteroatoms. The van der Waals surface area contributed by atoms with E-state index in [2.05, 4.69) is 5.32 Å². The third-order valence-electron chi connectivity index (χ3n) is 2.73. The minimum absolute atomic E-state index is 0.153. The molecule has 2 atom stereocenters. The van der Waals surface area contributed by atoms with Gasteiger partial charge < -0.3 is 14.8 Å². The molecular weight excluding hydrogens is 318 g/mol.